The second kappa shape index (κ2) is 8.80. The first-order valence-corrected chi connectivity index (χ1v) is 8.28. The number of carbonyl (C=O) groups is 2. The third kappa shape index (κ3) is 5.32. The summed E-state index contributed by atoms with van der Waals surface area (Å²) in [5.74, 6) is -1.06. The molecule has 1 aliphatic rings. The van der Waals surface area contributed by atoms with Crippen molar-refractivity contribution in [2.24, 2.45) is 0 Å². The van der Waals surface area contributed by atoms with Gasteiger partial charge >= 0.3 is 5.97 Å². The molecule has 6 nitrogen and oxygen atoms in total. The van der Waals surface area contributed by atoms with E-state index in [-0.39, 0.29) is 17.6 Å². The van der Waals surface area contributed by atoms with Gasteiger partial charge in [0.15, 0.2) is 0 Å². The Balaban J connectivity index is 1.80. The maximum absolute atomic E-state index is 12.4. The molecular formula is C18H25NO5. The number of amides is 1. The SMILES string of the molecule is CC(OCC1CCCCO1)C(=O)N(C)Cc1ccc(C(=O)O)cc1. The van der Waals surface area contributed by atoms with Gasteiger partial charge < -0.3 is 19.5 Å². The molecule has 1 N–H and O–H groups in total. The molecule has 132 valence electrons. The molecule has 1 aromatic carbocycles. The molecule has 2 atom stereocenters. The Bertz CT molecular complexity index is 551. The van der Waals surface area contributed by atoms with E-state index in [0.717, 1.165) is 31.4 Å². The number of hydrogen-bond donors (Lipinski definition) is 1. The molecule has 24 heavy (non-hydrogen) atoms. The molecule has 1 fully saturated rings. The minimum Gasteiger partial charge on any atom is -0.478 e. The number of rotatable bonds is 7. The van der Waals surface area contributed by atoms with Crippen LogP contribution in [-0.4, -0.2) is 54.4 Å². The zero-order chi connectivity index (χ0) is 17.5. The van der Waals surface area contributed by atoms with Crippen LogP contribution in [0, 0.1) is 0 Å². The Hall–Kier alpha value is -1.92. The number of aromatic carboxylic acids is 1. The van der Waals surface area contributed by atoms with Crippen LogP contribution in [-0.2, 0) is 20.8 Å². The minimum atomic E-state index is -0.960. The van der Waals surface area contributed by atoms with Crippen LogP contribution in [0.25, 0.3) is 0 Å². The average Bonchev–Trinajstić information content (AvgIpc) is 2.60. The monoisotopic (exact) mass is 335 g/mol. The Morgan fingerprint density at radius 2 is 2.04 bits per heavy atom. The number of benzene rings is 1. The normalized spacial score (nSPS) is 18.8. The second-order valence-electron chi connectivity index (χ2n) is 6.16. The standard InChI is InChI=1S/C18H25NO5/c1-13(24-12-16-5-3-4-10-23-16)17(20)19(2)11-14-6-8-15(9-7-14)18(21)22/h6-9,13,16H,3-5,10-12H2,1-2H3,(H,21,22). The summed E-state index contributed by atoms with van der Waals surface area (Å²) < 4.78 is 11.3. The number of likely N-dealkylation sites (N-methyl/N-ethyl adjacent to an activating group) is 1. The molecule has 0 saturated carbocycles. The van der Waals surface area contributed by atoms with Crippen LogP contribution in [0.1, 0.15) is 42.1 Å². The summed E-state index contributed by atoms with van der Waals surface area (Å²) in [6.45, 7) is 3.36. The Kier molecular flexibility index (Phi) is 6.75. The summed E-state index contributed by atoms with van der Waals surface area (Å²) in [7, 11) is 1.71. The highest BCUT2D eigenvalue weighted by atomic mass is 16.5. The average molecular weight is 335 g/mol. The van der Waals surface area contributed by atoms with Gasteiger partial charge in [-0.25, -0.2) is 4.79 Å². The van der Waals surface area contributed by atoms with Gasteiger partial charge in [-0.2, -0.15) is 0 Å². The predicted octanol–water partition coefficient (Wildman–Crippen LogP) is 2.32. The quantitative estimate of drug-likeness (QED) is 0.827. The number of hydrogen-bond acceptors (Lipinski definition) is 4. The van der Waals surface area contributed by atoms with Crippen LogP contribution in [0.4, 0.5) is 0 Å². The molecule has 0 spiro atoms. The first-order chi connectivity index (χ1) is 11.5. The lowest BCUT2D eigenvalue weighted by molar-refractivity contribution is -0.145. The number of carboxylic acids is 1. The summed E-state index contributed by atoms with van der Waals surface area (Å²) in [5.41, 5.74) is 1.11. The van der Waals surface area contributed by atoms with Gasteiger partial charge in [-0.15, -0.1) is 0 Å². The lowest BCUT2D eigenvalue weighted by atomic mass is 10.1. The summed E-state index contributed by atoms with van der Waals surface area (Å²) in [6.07, 6.45) is 2.77. The van der Waals surface area contributed by atoms with Crippen molar-refractivity contribution in [1.29, 1.82) is 0 Å². The summed E-state index contributed by atoms with van der Waals surface area (Å²) in [5, 5.41) is 8.89. The smallest absolute Gasteiger partial charge is 0.335 e. The van der Waals surface area contributed by atoms with E-state index >= 15 is 0 Å². The van der Waals surface area contributed by atoms with Crippen molar-refractivity contribution in [3.63, 3.8) is 0 Å². The van der Waals surface area contributed by atoms with Crippen molar-refractivity contribution in [3.05, 3.63) is 35.4 Å². The van der Waals surface area contributed by atoms with E-state index in [1.54, 1.807) is 31.0 Å². The molecule has 0 bridgehead atoms. The maximum atomic E-state index is 12.4. The Morgan fingerprint density at radius 1 is 1.33 bits per heavy atom. The topological polar surface area (TPSA) is 76.1 Å². The molecule has 1 heterocycles. The maximum Gasteiger partial charge on any atom is 0.335 e. The van der Waals surface area contributed by atoms with Gasteiger partial charge in [0, 0.05) is 20.2 Å². The number of nitrogens with zero attached hydrogens (tertiary/aromatic N) is 1. The fourth-order valence-corrected chi connectivity index (χ4v) is 2.68. The van der Waals surface area contributed by atoms with Crippen LogP contribution < -0.4 is 0 Å². The fourth-order valence-electron chi connectivity index (χ4n) is 2.68. The molecule has 1 saturated heterocycles. The van der Waals surface area contributed by atoms with Gasteiger partial charge in [0.1, 0.15) is 6.10 Å². The van der Waals surface area contributed by atoms with Gasteiger partial charge in [-0.05, 0) is 43.9 Å². The fraction of sp³-hybridized carbons (Fsp3) is 0.556. The van der Waals surface area contributed by atoms with Crippen molar-refractivity contribution in [3.8, 4) is 0 Å². The van der Waals surface area contributed by atoms with Crippen LogP contribution in [0.3, 0.4) is 0 Å². The van der Waals surface area contributed by atoms with Crippen molar-refractivity contribution >= 4 is 11.9 Å². The van der Waals surface area contributed by atoms with Crippen molar-refractivity contribution in [2.75, 3.05) is 20.3 Å². The molecule has 6 heteroatoms. The van der Waals surface area contributed by atoms with Gasteiger partial charge in [-0.1, -0.05) is 12.1 Å². The summed E-state index contributed by atoms with van der Waals surface area (Å²) in [4.78, 5) is 24.8. The number of carbonyl (C=O) groups excluding carboxylic acids is 1. The molecule has 0 aliphatic carbocycles. The lowest BCUT2D eigenvalue weighted by Gasteiger charge is -2.26. The highest BCUT2D eigenvalue weighted by Gasteiger charge is 2.21. The molecule has 0 radical (unpaired) electrons. The third-order valence-corrected chi connectivity index (χ3v) is 4.15. The zero-order valence-corrected chi connectivity index (χ0v) is 14.2. The molecule has 1 aromatic rings. The second-order valence-corrected chi connectivity index (χ2v) is 6.16. The molecule has 1 aliphatic heterocycles. The van der Waals surface area contributed by atoms with Gasteiger partial charge in [0.2, 0.25) is 0 Å². The van der Waals surface area contributed by atoms with Crippen molar-refractivity contribution in [2.45, 2.75) is 44.9 Å². The van der Waals surface area contributed by atoms with Crippen LogP contribution in [0.5, 0.6) is 0 Å². The molecular weight excluding hydrogens is 310 g/mol. The van der Waals surface area contributed by atoms with E-state index in [0.29, 0.717) is 13.2 Å². The van der Waals surface area contributed by atoms with Crippen LogP contribution in [0.2, 0.25) is 0 Å². The molecule has 1 amide bonds. The van der Waals surface area contributed by atoms with E-state index in [2.05, 4.69) is 0 Å². The Morgan fingerprint density at radius 3 is 2.62 bits per heavy atom. The molecule has 2 rings (SSSR count). The highest BCUT2D eigenvalue weighted by Crippen LogP contribution is 2.14. The van der Waals surface area contributed by atoms with E-state index in [9.17, 15) is 9.59 Å². The molecule has 0 aromatic heterocycles. The first-order valence-electron chi connectivity index (χ1n) is 8.28. The lowest BCUT2D eigenvalue weighted by Crippen LogP contribution is -2.37. The molecule has 2 unspecified atom stereocenters. The predicted molar refractivity (Wildman–Crippen MR) is 88.9 cm³/mol. The van der Waals surface area contributed by atoms with Gasteiger partial charge in [0.25, 0.3) is 5.91 Å². The Labute approximate surface area is 142 Å². The number of carboxylic acid groups (broad SMARTS) is 1. The summed E-state index contributed by atoms with van der Waals surface area (Å²) in [6, 6.07) is 6.51. The third-order valence-electron chi connectivity index (χ3n) is 4.15. The van der Waals surface area contributed by atoms with E-state index < -0.39 is 12.1 Å². The van der Waals surface area contributed by atoms with E-state index in [4.69, 9.17) is 14.6 Å². The highest BCUT2D eigenvalue weighted by molar-refractivity contribution is 5.87. The first kappa shape index (κ1) is 18.4. The minimum absolute atomic E-state index is 0.0860. The zero-order valence-electron chi connectivity index (χ0n) is 14.2. The van der Waals surface area contributed by atoms with Crippen LogP contribution in [0.15, 0.2) is 24.3 Å². The van der Waals surface area contributed by atoms with E-state index in [1.165, 1.54) is 12.1 Å². The van der Waals surface area contributed by atoms with Crippen molar-refractivity contribution in [1.82, 2.24) is 4.90 Å². The summed E-state index contributed by atoms with van der Waals surface area (Å²) >= 11 is 0. The van der Waals surface area contributed by atoms with Crippen LogP contribution >= 0.6 is 0 Å². The number of ether oxygens (including phenoxy) is 2. The van der Waals surface area contributed by atoms with Gasteiger partial charge in [0.05, 0.1) is 18.3 Å². The van der Waals surface area contributed by atoms with Gasteiger partial charge in [-0.3, -0.25) is 4.79 Å². The largest absolute Gasteiger partial charge is 0.478 e. The van der Waals surface area contributed by atoms with E-state index in [1.807, 2.05) is 0 Å². The van der Waals surface area contributed by atoms with Crippen molar-refractivity contribution < 1.29 is 24.2 Å².